The van der Waals surface area contributed by atoms with Crippen LogP contribution >= 0.6 is 23.2 Å². The standard InChI is InChI=1S/C13H19Cl2NO/c1-9(16-8-13(2,3)17-4)10-5-6-11(14)12(15)7-10/h5-7,9,16H,8H2,1-4H3. The molecule has 0 aliphatic heterocycles. The molecule has 4 heteroatoms. The third-order valence-corrected chi connectivity index (χ3v) is 3.57. The van der Waals surface area contributed by atoms with Crippen molar-refractivity contribution in [2.75, 3.05) is 13.7 Å². The predicted molar refractivity (Wildman–Crippen MR) is 74.0 cm³/mol. The number of benzene rings is 1. The molecule has 2 nitrogen and oxygen atoms in total. The Balaban J connectivity index is 2.64. The van der Waals surface area contributed by atoms with Crippen LogP contribution in [-0.2, 0) is 4.74 Å². The molecule has 0 aliphatic rings. The molecule has 0 radical (unpaired) electrons. The Morgan fingerprint density at radius 3 is 2.47 bits per heavy atom. The summed E-state index contributed by atoms with van der Waals surface area (Å²) in [5.74, 6) is 0. The van der Waals surface area contributed by atoms with E-state index >= 15 is 0 Å². The maximum atomic E-state index is 5.99. The average Bonchev–Trinajstić information content (AvgIpc) is 2.30. The van der Waals surface area contributed by atoms with Gasteiger partial charge >= 0.3 is 0 Å². The lowest BCUT2D eigenvalue weighted by atomic mass is 10.1. The minimum atomic E-state index is -0.176. The van der Waals surface area contributed by atoms with Crippen LogP contribution in [0.15, 0.2) is 18.2 Å². The average molecular weight is 276 g/mol. The van der Waals surface area contributed by atoms with Crippen LogP contribution in [0, 0.1) is 0 Å². The van der Waals surface area contributed by atoms with Crippen molar-refractivity contribution in [3.05, 3.63) is 33.8 Å². The van der Waals surface area contributed by atoms with Crippen LogP contribution in [0.1, 0.15) is 32.4 Å². The topological polar surface area (TPSA) is 21.3 Å². The molecule has 1 N–H and O–H groups in total. The molecular weight excluding hydrogens is 257 g/mol. The van der Waals surface area contributed by atoms with Gasteiger partial charge in [-0.2, -0.15) is 0 Å². The van der Waals surface area contributed by atoms with E-state index in [0.29, 0.717) is 10.0 Å². The first kappa shape index (κ1) is 14.8. The number of rotatable bonds is 5. The fraction of sp³-hybridized carbons (Fsp3) is 0.538. The van der Waals surface area contributed by atoms with Crippen molar-refractivity contribution in [1.82, 2.24) is 5.32 Å². The Bertz CT molecular complexity index is 380. The van der Waals surface area contributed by atoms with Gasteiger partial charge in [0, 0.05) is 19.7 Å². The first-order chi connectivity index (χ1) is 7.85. The van der Waals surface area contributed by atoms with Crippen molar-refractivity contribution < 1.29 is 4.74 Å². The molecule has 0 saturated carbocycles. The zero-order chi connectivity index (χ0) is 13.1. The Kier molecular flexibility index (Phi) is 5.26. The number of nitrogens with one attached hydrogen (secondary N) is 1. The van der Waals surface area contributed by atoms with E-state index in [4.69, 9.17) is 27.9 Å². The highest BCUT2D eigenvalue weighted by Crippen LogP contribution is 2.25. The molecule has 1 rings (SSSR count). The van der Waals surface area contributed by atoms with E-state index in [1.54, 1.807) is 7.11 Å². The fourth-order valence-electron chi connectivity index (χ4n) is 1.37. The lowest BCUT2D eigenvalue weighted by Gasteiger charge is -2.26. The van der Waals surface area contributed by atoms with Gasteiger partial charge in [-0.05, 0) is 38.5 Å². The van der Waals surface area contributed by atoms with Gasteiger partial charge in [-0.1, -0.05) is 29.3 Å². The highest BCUT2D eigenvalue weighted by molar-refractivity contribution is 6.42. The monoisotopic (exact) mass is 275 g/mol. The van der Waals surface area contributed by atoms with Crippen LogP contribution in [0.25, 0.3) is 0 Å². The van der Waals surface area contributed by atoms with Crippen LogP contribution in [0.5, 0.6) is 0 Å². The maximum absolute atomic E-state index is 5.99. The Hall–Kier alpha value is -0.280. The van der Waals surface area contributed by atoms with E-state index in [1.807, 2.05) is 32.0 Å². The summed E-state index contributed by atoms with van der Waals surface area (Å²) < 4.78 is 5.36. The second-order valence-corrected chi connectivity index (χ2v) is 5.55. The molecule has 1 atom stereocenters. The second kappa shape index (κ2) is 6.05. The van der Waals surface area contributed by atoms with Gasteiger partial charge < -0.3 is 10.1 Å². The van der Waals surface area contributed by atoms with E-state index < -0.39 is 0 Å². The third kappa shape index (κ3) is 4.47. The first-order valence-electron chi connectivity index (χ1n) is 5.59. The van der Waals surface area contributed by atoms with E-state index in [9.17, 15) is 0 Å². The summed E-state index contributed by atoms with van der Waals surface area (Å²) in [4.78, 5) is 0. The highest BCUT2D eigenvalue weighted by atomic mass is 35.5. The largest absolute Gasteiger partial charge is 0.377 e. The normalized spacial score (nSPS) is 13.8. The van der Waals surface area contributed by atoms with Crippen LogP contribution in [0.2, 0.25) is 10.0 Å². The van der Waals surface area contributed by atoms with Crippen molar-refractivity contribution in [3.8, 4) is 0 Å². The number of hydrogen-bond acceptors (Lipinski definition) is 2. The number of hydrogen-bond donors (Lipinski definition) is 1. The Morgan fingerprint density at radius 1 is 1.29 bits per heavy atom. The van der Waals surface area contributed by atoms with Gasteiger partial charge in [0.25, 0.3) is 0 Å². The van der Waals surface area contributed by atoms with Gasteiger partial charge in [-0.25, -0.2) is 0 Å². The SMILES string of the molecule is COC(C)(C)CNC(C)c1ccc(Cl)c(Cl)c1. The molecule has 0 aromatic heterocycles. The third-order valence-electron chi connectivity index (χ3n) is 2.83. The van der Waals surface area contributed by atoms with Crippen molar-refractivity contribution in [1.29, 1.82) is 0 Å². The van der Waals surface area contributed by atoms with Crippen molar-refractivity contribution >= 4 is 23.2 Å². The first-order valence-corrected chi connectivity index (χ1v) is 6.35. The molecule has 1 unspecified atom stereocenters. The second-order valence-electron chi connectivity index (χ2n) is 4.74. The van der Waals surface area contributed by atoms with Gasteiger partial charge in [-0.15, -0.1) is 0 Å². The molecule has 17 heavy (non-hydrogen) atoms. The highest BCUT2D eigenvalue weighted by Gasteiger charge is 2.17. The fourth-order valence-corrected chi connectivity index (χ4v) is 1.68. The quantitative estimate of drug-likeness (QED) is 0.875. The van der Waals surface area contributed by atoms with E-state index in [2.05, 4.69) is 12.2 Å². The smallest absolute Gasteiger partial charge is 0.0746 e. The summed E-state index contributed by atoms with van der Waals surface area (Å²) >= 11 is 11.9. The molecule has 0 bridgehead atoms. The summed E-state index contributed by atoms with van der Waals surface area (Å²) in [6.45, 7) is 6.94. The summed E-state index contributed by atoms with van der Waals surface area (Å²) in [5, 5.41) is 4.58. The van der Waals surface area contributed by atoms with Crippen molar-refractivity contribution in [2.45, 2.75) is 32.4 Å². The zero-order valence-electron chi connectivity index (χ0n) is 10.7. The summed E-state index contributed by atoms with van der Waals surface area (Å²) in [6.07, 6.45) is 0. The van der Waals surface area contributed by atoms with Gasteiger partial charge in [0.2, 0.25) is 0 Å². The van der Waals surface area contributed by atoms with Gasteiger partial charge in [0.15, 0.2) is 0 Å². The summed E-state index contributed by atoms with van der Waals surface area (Å²) in [5.41, 5.74) is 0.941. The number of halogens is 2. The molecule has 0 fully saturated rings. The van der Waals surface area contributed by atoms with Gasteiger partial charge in [-0.3, -0.25) is 0 Å². The van der Waals surface area contributed by atoms with Crippen LogP contribution in [-0.4, -0.2) is 19.3 Å². The van der Waals surface area contributed by atoms with E-state index in [-0.39, 0.29) is 11.6 Å². The lowest BCUT2D eigenvalue weighted by Crippen LogP contribution is -2.37. The Labute approximate surface area is 113 Å². The molecule has 1 aromatic rings. The molecule has 0 heterocycles. The molecule has 0 amide bonds. The van der Waals surface area contributed by atoms with E-state index in [1.165, 1.54) is 0 Å². The lowest BCUT2D eigenvalue weighted by molar-refractivity contribution is 0.0214. The van der Waals surface area contributed by atoms with Gasteiger partial charge in [0.05, 0.1) is 15.6 Å². The predicted octanol–water partition coefficient (Wildman–Crippen LogP) is 4.07. The molecule has 0 aliphatic carbocycles. The summed E-state index contributed by atoms with van der Waals surface area (Å²) in [6, 6.07) is 5.89. The minimum absolute atomic E-state index is 0.176. The Morgan fingerprint density at radius 2 is 1.94 bits per heavy atom. The molecule has 1 aromatic carbocycles. The van der Waals surface area contributed by atoms with Crippen LogP contribution in [0.3, 0.4) is 0 Å². The molecule has 96 valence electrons. The van der Waals surface area contributed by atoms with E-state index in [0.717, 1.165) is 12.1 Å². The summed E-state index contributed by atoms with van der Waals surface area (Å²) in [7, 11) is 1.71. The maximum Gasteiger partial charge on any atom is 0.0746 e. The number of methoxy groups -OCH3 is 1. The molecule has 0 saturated heterocycles. The van der Waals surface area contributed by atoms with Gasteiger partial charge in [0.1, 0.15) is 0 Å². The molecule has 0 spiro atoms. The minimum Gasteiger partial charge on any atom is -0.377 e. The van der Waals surface area contributed by atoms with Crippen molar-refractivity contribution in [2.24, 2.45) is 0 Å². The van der Waals surface area contributed by atoms with Crippen molar-refractivity contribution in [3.63, 3.8) is 0 Å². The molecular formula is C13H19Cl2NO. The van der Waals surface area contributed by atoms with Crippen LogP contribution in [0.4, 0.5) is 0 Å². The van der Waals surface area contributed by atoms with Crippen LogP contribution < -0.4 is 5.32 Å². The number of ether oxygens (including phenoxy) is 1. The zero-order valence-corrected chi connectivity index (χ0v) is 12.2.